The molecule has 4 rings (SSSR count). The minimum Gasteiger partial charge on any atom is -0.493 e. The van der Waals surface area contributed by atoms with Crippen molar-refractivity contribution in [2.75, 3.05) is 11.9 Å². The Labute approximate surface area is 273 Å². The highest BCUT2D eigenvalue weighted by molar-refractivity contribution is 5.73. The highest BCUT2D eigenvalue weighted by Crippen LogP contribution is 2.25. The maximum atomic E-state index is 10.9. The van der Waals surface area contributed by atoms with Crippen LogP contribution in [-0.4, -0.2) is 39.8 Å². The molecule has 0 aliphatic carbocycles. The quantitative estimate of drug-likeness (QED) is 0.119. The summed E-state index contributed by atoms with van der Waals surface area (Å²) >= 11 is 0. The first-order chi connectivity index (χ1) is 22.4. The van der Waals surface area contributed by atoms with Crippen LogP contribution in [0.5, 0.6) is 5.75 Å². The molecule has 250 valence electrons. The number of carboxylic acid groups (broad SMARTS) is 2. The monoisotopic (exact) mass is 650 g/mol. The molecule has 0 aliphatic rings. The molecule has 0 heterocycles. The van der Waals surface area contributed by atoms with E-state index in [-0.39, 0.29) is 6.42 Å². The number of carboxylic acids is 2. The summed E-state index contributed by atoms with van der Waals surface area (Å²) in [7, 11) is 0. The lowest BCUT2D eigenvalue weighted by atomic mass is 10.1. The van der Waals surface area contributed by atoms with E-state index in [9.17, 15) is 18.0 Å². The number of anilines is 1. The highest BCUT2D eigenvalue weighted by Gasteiger charge is 2.38. The number of nitrogens with one attached hydrogen (secondary N) is 1. The van der Waals surface area contributed by atoms with Crippen molar-refractivity contribution in [3.8, 4) is 5.75 Å². The zero-order chi connectivity index (χ0) is 34.2. The topological polar surface area (TPSA) is 99.1 Å². The second kappa shape index (κ2) is 18.3. The molecule has 0 saturated carbocycles. The molecule has 0 aromatic heterocycles. The first-order valence-electron chi connectivity index (χ1n) is 15.3. The number of rotatable bonds is 15. The van der Waals surface area contributed by atoms with E-state index in [4.69, 9.17) is 19.7 Å². The molecule has 0 bridgehead atoms. The summed E-state index contributed by atoms with van der Waals surface area (Å²) in [5.41, 5.74) is 6.96. The minimum atomic E-state index is -5.08. The van der Waals surface area contributed by atoms with Gasteiger partial charge >= 0.3 is 18.1 Å². The van der Waals surface area contributed by atoms with Gasteiger partial charge in [-0.25, -0.2) is 4.79 Å². The molecule has 0 atom stereocenters. The standard InChI is InChI=1S/C35H40N2O3.C2HF3O2/c1-27(2)26-40-34-19-15-31(22-36-33-17-13-28(14-18-33)16-20-35(38)39)21-32(34)25-37(23-29-9-5-3-6-10-29)24-30-11-7-4-8-12-30;3-2(4,5)1(6)7/h3-15,17-19,21,27,36H,16,20,22-26H2,1-2H3,(H,38,39);(H,6,7). The van der Waals surface area contributed by atoms with Crippen LogP contribution in [0.3, 0.4) is 0 Å². The number of nitrogens with zero attached hydrogens (tertiary/aromatic N) is 1. The highest BCUT2D eigenvalue weighted by atomic mass is 19.4. The Balaban J connectivity index is 0.000000771. The Morgan fingerprint density at radius 3 is 1.79 bits per heavy atom. The van der Waals surface area contributed by atoms with Crippen LogP contribution in [0.2, 0.25) is 0 Å². The van der Waals surface area contributed by atoms with Gasteiger partial charge in [-0.3, -0.25) is 9.69 Å². The maximum Gasteiger partial charge on any atom is 0.490 e. The fourth-order valence-corrected chi connectivity index (χ4v) is 4.60. The summed E-state index contributed by atoms with van der Waals surface area (Å²) in [6.07, 6.45) is -4.40. The number of benzene rings is 4. The van der Waals surface area contributed by atoms with Crippen molar-refractivity contribution in [3.05, 3.63) is 131 Å². The third-order valence-corrected chi connectivity index (χ3v) is 6.91. The second-order valence-electron chi connectivity index (χ2n) is 11.5. The average Bonchev–Trinajstić information content (AvgIpc) is 3.03. The lowest BCUT2D eigenvalue weighted by molar-refractivity contribution is -0.192. The molecule has 0 spiro atoms. The number of halogens is 3. The molecule has 3 N–H and O–H groups in total. The van der Waals surface area contributed by atoms with Crippen molar-refractivity contribution in [2.24, 2.45) is 5.92 Å². The van der Waals surface area contributed by atoms with Gasteiger partial charge < -0.3 is 20.3 Å². The largest absolute Gasteiger partial charge is 0.493 e. The molecule has 0 amide bonds. The van der Waals surface area contributed by atoms with Gasteiger partial charge in [-0.2, -0.15) is 13.2 Å². The molecule has 0 fully saturated rings. The molecular weight excluding hydrogens is 609 g/mol. The van der Waals surface area contributed by atoms with E-state index in [1.54, 1.807) is 0 Å². The van der Waals surface area contributed by atoms with E-state index in [0.29, 0.717) is 25.5 Å². The van der Waals surface area contributed by atoms with E-state index in [0.717, 1.165) is 36.6 Å². The number of carbonyl (C=O) groups is 2. The zero-order valence-electron chi connectivity index (χ0n) is 26.5. The Hall–Kier alpha value is -4.83. The molecule has 0 radical (unpaired) electrons. The summed E-state index contributed by atoms with van der Waals surface area (Å²) < 4.78 is 38.0. The molecule has 0 saturated heterocycles. The number of ether oxygens (including phenoxy) is 1. The SMILES string of the molecule is CC(C)COc1ccc(CNc2ccc(CCC(=O)O)cc2)cc1CN(Cc1ccccc1)Cc1ccccc1.O=C(O)C(F)(F)F. The molecule has 0 unspecified atom stereocenters. The van der Waals surface area contributed by atoms with Gasteiger partial charge in [0.15, 0.2) is 0 Å². The number of aryl methyl sites for hydroxylation is 1. The Morgan fingerprint density at radius 2 is 1.30 bits per heavy atom. The first kappa shape index (κ1) is 36.6. The molecule has 4 aromatic rings. The molecule has 7 nitrogen and oxygen atoms in total. The molecule has 4 aromatic carbocycles. The molecular formula is C37H41F3N2O5. The van der Waals surface area contributed by atoms with E-state index in [2.05, 4.69) is 103 Å². The lowest BCUT2D eigenvalue weighted by Crippen LogP contribution is -2.23. The van der Waals surface area contributed by atoms with Gasteiger partial charge in [0.05, 0.1) is 6.61 Å². The summed E-state index contributed by atoms with van der Waals surface area (Å²) in [4.78, 5) is 22.2. The Kier molecular flexibility index (Phi) is 14.3. The van der Waals surface area contributed by atoms with Gasteiger partial charge in [0.1, 0.15) is 5.75 Å². The average molecular weight is 651 g/mol. The summed E-state index contributed by atoms with van der Waals surface area (Å²) in [5.74, 6) is -2.15. The fraction of sp³-hybridized carbons (Fsp3) is 0.297. The van der Waals surface area contributed by atoms with Crippen LogP contribution in [0.15, 0.2) is 103 Å². The van der Waals surface area contributed by atoms with Gasteiger partial charge in [0, 0.05) is 43.9 Å². The number of alkyl halides is 3. The van der Waals surface area contributed by atoms with Crippen molar-refractivity contribution >= 4 is 17.6 Å². The Morgan fingerprint density at radius 1 is 0.766 bits per heavy atom. The van der Waals surface area contributed by atoms with Crippen LogP contribution in [0.4, 0.5) is 18.9 Å². The van der Waals surface area contributed by atoms with E-state index in [1.165, 1.54) is 22.3 Å². The van der Waals surface area contributed by atoms with Gasteiger partial charge in [-0.15, -0.1) is 0 Å². The van der Waals surface area contributed by atoms with Crippen molar-refractivity contribution < 1.29 is 37.7 Å². The second-order valence-corrected chi connectivity index (χ2v) is 11.5. The predicted octanol–water partition coefficient (Wildman–Crippen LogP) is 8.19. The first-order valence-corrected chi connectivity index (χ1v) is 15.3. The third-order valence-electron chi connectivity index (χ3n) is 6.91. The van der Waals surface area contributed by atoms with Crippen LogP contribution < -0.4 is 10.1 Å². The van der Waals surface area contributed by atoms with Crippen molar-refractivity contribution in [3.63, 3.8) is 0 Å². The van der Waals surface area contributed by atoms with Gasteiger partial charge in [0.25, 0.3) is 0 Å². The van der Waals surface area contributed by atoms with Crippen molar-refractivity contribution in [2.45, 2.75) is 59.0 Å². The summed E-state index contributed by atoms with van der Waals surface area (Å²) in [6, 6.07) is 35.7. The molecule has 47 heavy (non-hydrogen) atoms. The molecule has 10 heteroatoms. The fourth-order valence-electron chi connectivity index (χ4n) is 4.60. The van der Waals surface area contributed by atoms with Crippen LogP contribution in [0, 0.1) is 5.92 Å². The number of hydrogen-bond donors (Lipinski definition) is 3. The van der Waals surface area contributed by atoms with Crippen LogP contribution >= 0.6 is 0 Å². The Bertz CT molecular complexity index is 1490. The smallest absolute Gasteiger partial charge is 0.490 e. The summed E-state index contributed by atoms with van der Waals surface area (Å²) in [6.45, 7) is 8.15. The normalized spacial score (nSPS) is 11.1. The maximum absolute atomic E-state index is 10.9. The minimum absolute atomic E-state index is 0.145. The van der Waals surface area contributed by atoms with E-state index < -0.39 is 18.1 Å². The van der Waals surface area contributed by atoms with E-state index in [1.807, 2.05) is 24.3 Å². The van der Waals surface area contributed by atoms with Crippen LogP contribution in [-0.2, 0) is 42.2 Å². The van der Waals surface area contributed by atoms with Gasteiger partial charge in [-0.05, 0) is 58.9 Å². The van der Waals surface area contributed by atoms with Crippen LogP contribution in [0.25, 0.3) is 0 Å². The zero-order valence-corrected chi connectivity index (χ0v) is 26.5. The van der Waals surface area contributed by atoms with Gasteiger partial charge in [0.2, 0.25) is 0 Å². The van der Waals surface area contributed by atoms with Crippen molar-refractivity contribution in [1.29, 1.82) is 0 Å². The third kappa shape index (κ3) is 14.0. The predicted molar refractivity (Wildman–Crippen MR) is 176 cm³/mol. The van der Waals surface area contributed by atoms with E-state index >= 15 is 0 Å². The van der Waals surface area contributed by atoms with Gasteiger partial charge in [-0.1, -0.05) is 92.7 Å². The number of aliphatic carboxylic acids is 2. The van der Waals surface area contributed by atoms with Crippen LogP contribution in [0.1, 0.15) is 48.1 Å². The summed E-state index contributed by atoms with van der Waals surface area (Å²) in [5, 5.41) is 19.6. The number of hydrogen-bond acceptors (Lipinski definition) is 5. The lowest BCUT2D eigenvalue weighted by Gasteiger charge is -2.25. The van der Waals surface area contributed by atoms with Crippen molar-refractivity contribution in [1.82, 2.24) is 4.90 Å². The molecule has 0 aliphatic heterocycles.